The summed E-state index contributed by atoms with van der Waals surface area (Å²) in [7, 11) is 0. The number of hydrogen-bond donors (Lipinski definition) is 0. The molecule has 4 heteroatoms. The van der Waals surface area contributed by atoms with E-state index in [9.17, 15) is 0 Å². The van der Waals surface area contributed by atoms with Crippen LogP contribution in [0.15, 0.2) is 54.1 Å². The van der Waals surface area contributed by atoms with Gasteiger partial charge in [-0.2, -0.15) is 5.56 Å². The molecule has 0 radical (unpaired) electrons. The van der Waals surface area contributed by atoms with Crippen LogP contribution >= 0.6 is 0 Å². The molecule has 156 valence electrons. The summed E-state index contributed by atoms with van der Waals surface area (Å²) in [6.45, 7) is 4.62. The topological polar surface area (TPSA) is 0 Å². The van der Waals surface area contributed by atoms with E-state index in [0.29, 0.717) is 11.8 Å². The van der Waals surface area contributed by atoms with Gasteiger partial charge in [0.25, 0.3) is 0 Å². The zero-order valence-corrected chi connectivity index (χ0v) is 22.8. The molecule has 30 heavy (non-hydrogen) atoms. The van der Waals surface area contributed by atoms with E-state index in [4.69, 9.17) is 0 Å². The molecule has 0 aliphatic heterocycles. The van der Waals surface area contributed by atoms with E-state index >= 15 is 0 Å². The van der Waals surface area contributed by atoms with Gasteiger partial charge in [0.15, 0.2) is 0 Å². The molecule has 1 saturated carbocycles. The summed E-state index contributed by atoms with van der Waals surface area (Å²) in [5.74, 6) is 1.65. The van der Waals surface area contributed by atoms with Gasteiger partial charge in [-0.3, -0.25) is 6.08 Å². The Morgan fingerprint density at radius 1 is 0.833 bits per heavy atom. The van der Waals surface area contributed by atoms with Crippen molar-refractivity contribution in [3.8, 4) is 0 Å². The zero-order chi connectivity index (χ0) is 19.5. The summed E-state index contributed by atoms with van der Waals surface area (Å²) in [5.41, 5.74) is 7.66. The van der Waals surface area contributed by atoms with Crippen LogP contribution in [0.5, 0.6) is 0 Å². The molecule has 1 fully saturated rings. The van der Waals surface area contributed by atoms with Crippen LogP contribution in [0.4, 0.5) is 0 Å². The van der Waals surface area contributed by atoms with E-state index in [0.717, 1.165) is 5.92 Å². The largest absolute Gasteiger partial charge is 1.00 e. The minimum absolute atomic E-state index is 0. The SMILES string of the molecule is C[Si](C)=[Zr+2].[C-]1=Cc2ccccc2C1C1C(C2CCCCC2)=Cc2ccccc21.[Cl-].[Cl-]. The first-order chi connectivity index (χ1) is 13.6. The number of rotatable bonds is 2. The van der Waals surface area contributed by atoms with E-state index in [1.165, 1.54) is 54.4 Å². The van der Waals surface area contributed by atoms with Crippen LogP contribution < -0.4 is 24.8 Å². The van der Waals surface area contributed by atoms with E-state index in [1.54, 1.807) is 28.9 Å². The molecule has 0 spiro atoms. The molecule has 0 saturated heterocycles. The normalized spacial score (nSPS) is 21.3. The Morgan fingerprint density at radius 2 is 1.40 bits per heavy atom. The van der Waals surface area contributed by atoms with Gasteiger partial charge in [-0.25, -0.2) is 6.08 Å². The summed E-state index contributed by atoms with van der Waals surface area (Å²) in [6, 6.07) is 17.9. The molecule has 0 aromatic heterocycles. The monoisotopic (exact) mass is 529 g/mol. The molecule has 0 bridgehead atoms. The third-order valence-corrected chi connectivity index (χ3v) is 6.17. The molecule has 0 heterocycles. The van der Waals surface area contributed by atoms with Crippen LogP contribution in [0.3, 0.4) is 0 Å². The van der Waals surface area contributed by atoms with Crippen LogP contribution in [-0.2, 0) is 23.3 Å². The number of benzene rings is 2. The Kier molecular flexibility index (Phi) is 10.3. The third kappa shape index (κ3) is 5.69. The van der Waals surface area contributed by atoms with Gasteiger partial charge < -0.3 is 24.8 Å². The van der Waals surface area contributed by atoms with Crippen molar-refractivity contribution in [3.63, 3.8) is 0 Å². The first-order valence-corrected chi connectivity index (χ1v) is 16.8. The molecule has 0 amide bonds. The van der Waals surface area contributed by atoms with E-state index in [-0.39, 0.29) is 30.2 Å². The third-order valence-electron chi connectivity index (χ3n) is 6.17. The molecule has 0 nitrogen and oxygen atoms in total. The van der Waals surface area contributed by atoms with Crippen molar-refractivity contribution < 1.29 is 48.1 Å². The van der Waals surface area contributed by atoms with E-state index in [2.05, 4.69) is 79.9 Å². The second-order valence-corrected chi connectivity index (χ2v) is 17.9. The van der Waals surface area contributed by atoms with Crippen LogP contribution in [0, 0.1) is 12.0 Å². The van der Waals surface area contributed by atoms with Crippen molar-refractivity contribution in [2.24, 2.45) is 5.92 Å². The average molecular weight is 532 g/mol. The predicted molar refractivity (Wildman–Crippen MR) is 118 cm³/mol. The van der Waals surface area contributed by atoms with Gasteiger partial charge in [-0.1, -0.05) is 79.3 Å². The molecule has 3 aliphatic rings. The fourth-order valence-corrected chi connectivity index (χ4v) is 5.02. The maximum Gasteiger partial charge on any atom is -0.00121 e. The molecule has 5 rings (SSSR count). The molecule has 3 aliphatic carbocycles. The van der Waals surface area contributed by atoms with Crippen molar-refractivity contribution in [2.75, 3.05) is 0 Å². The van der Waals surface area contributed by atoms with Crippen molar-refractivity contribution in [2.45, 2.75) is 57.0 Å². The summed E-state index contributed by atoms with van der Waals surface area (Å²) in [5, 5.41) is 0. The smallest absolute Gasteiger partial charge is 0.00121 e. The number of halogens is 2. The Balaban J connectivity index is 0.000000494. The Morgan fingerprint density at radius 3 is 2.07 bits per heavy atom. The minimum Gasteiger partial charge on any atom is -1.00 e. The van der Waals surface area contributed by atoms with Crippen LogP contribution in [0.25, 0.3) is 12.2 Å². The number of allylic oxidation sites excluding steroid dienone is 2. The first-order valence-electron chi connectivity index (χ1n) is 10.7. The van der Waals surface area contributed by atoms with Crippen molar-refractivity contribution in [1.82, 2.24) is 0 Å². The Bertz CT molecular complexity index is 924. The molecule has 2 atom stereocenters. The number of hydrogen-bond acceptors (Lipinski definition) is 0. The molecule has 2 aromatic rings. The van der Waals surface area contributed by atoms with E-state index < -0.39 is 0 Å². The maximum atomic E-state index is 3.71. The molecule has 0 N–H and O–H groups in total. The fourth-order valence-electron chi connectivity index (χ4n) is 5.02. The van der Waals surface area contributed by atoms with Gasteiger partial charge in [0, 0.05) is 0 Å². The van der Waals surface area contributed by atoms with Crippen LogP contribution in [0.1, 0.15) is 66.2 Å². The van der Waals surface area contributed by atoms with Crippen molar-refractivity contribution >= 4 is 17.6 Å². The average Bonchev–Trinajstić information content (AvgIpc) is 3.29. The van der Waals surface area contributed by atoms with Gasteiger partial charge in [0.1, 0.15) is 0 Å². The fraction of sp³-hybridized carbons (Fsp3) is 0.385. The van der Waals surface area contributed by atoms with Crippen LogP contribution in [0.2, 0.25) is 13.1 Å². The van der Waals surface area contributed by atoms with Gasteiger partial charge in [-0.15, -0.1) is 11.6 Å². The van der Waals surface area contributed by atoms with Crippen molar-refractivity contribution in [3.05, 3.63) is 82.4 Å². The minimum atomic E-state index is 0. The summed E-state index contributed by atoms with van der Waals surface area (Å²) >= 11 is 1.74. The second kappa shape index (κ2) is 12.0. The van der Waals surface area contributed by atoms with Crippen LogP contribution in [-0.4, -0.2) is 5.43 Å². The molecule has 2 unspecified atom stereocenters. The zero-order valence-electron chi connectivity index (χ0n) is 17.8. The van der Waals surface area contributed by atoms with Gasteiger partial charge in [0.05, 0.1) is 0 Å². The van der Waals surface area contributed by atoms with Gasteiger partial charge in [-0.05, 0) is 35.8 Å². The maximum absolute atomic E-state index is 3.71. The predicted octanol–water partition coefficient (Wildman–Crippen LogP) is 1.15. The van der Waals surface area contributed by atoms with Gasteiger partial charge >= 0.3 is 41.9 Å². The summed E-state index contributed by atoms with van der Waals surface area (Å²) in [4.78, 5) is 0. The Labute approximate surface area is 209 Å². The van der Waals surface area contributed by atoms with E-state index in [1.807, 2.05) is 0 Å². The number of fused-ring (bicyclic) bond motifs is 2. The standard InChI is InChI=1S/C24H23.C2H6Si.2ClH.Zr/c1-2-8-17(9-3-1)23-16-19-11-5-7-13-21(19)24(23)22-15-14-18-10-4-6-12-20(18)22;1-3-2;;;/h4-7,10-14,16-17,22,24H,1-3,8-9H2;1-2H3;2*1H;/q-1;;;;+2/p-2. The van der Waals surface area contributed by atoms with Gasteiger partial charge in [0.2, 0.25) is 0 Å². The molecular weight excluding hydrogens is 503 g/mol. The van der Waals surface area contributed by atoms with Crippen molar-refractivity contribution in [1.29, 1.82) is 0 Å². The molecular formula is C26H29Cl2SiZr-. The second-order valence-electron chi connectivity index (χ2n) is 8.50. The quantitative estimate of drug-likeness (QED) is 0.403. The molecule has 2 aromatic carbocycles. The first kappa shape index (κ1) is 25.9. The Hall–Kier alpha value is -0.400. The summed E-state index contributed by atoms with van der Waals surface area (Å²) < 4.78 is 0. The summed E-state index contributed by atoms with van der Waals surface area (Å²) in [6.07, 6.45) is 15.4.